The number of fused-ring (bicyclic) bond motifs is 1. The van der Waals surface area contributed by atoms with Crippen LogP contribution in [0.1, 0.15) is 5.82 Å². The fourth-order valence-corrected chi connectivity index (χ4v) is 2.22. The molecule has 2 aromatic heterocycles. The van der Waals surface area contributed by atoms with Gasteiger partial charge in [-0.15, -0.1) is 0 Å². The van der Waals surface area contributed by atoms with Gasteiger partial charge in [0.2, 0.25) is 5.95 Å². The topological polar surface area (TPSA) is 74.5 Å². The van der Waals surface area contributed by atoms with Gasteiger partial charge >= 0.3 is 0 Å². The van der Waals surface area contributed by atoms with Crippen LogP contribution in [-0.4, -0.2) is 24.3 Å². The predicted molar refractivity (Wildman–Crippen MR) is 74.3 cm³/mol. The summed E-state index contributed by atoms with van der Waals surface area (Å²) < 4.78 is 3.43. The molecule has 0 spiro atoms. The zero-order valence-electron chi connectivity index (χ0n) is 10.0. The van der Waals surface area contributed by atoms with Crippen LogP contribution in [0.4, 0.5) is 5.95 Å². The molecule has 0 atom stereocenters. The molecule has 0 saturated carbocycles. The Balaban J connectivity index is 2.12. The molecule has 3 rings (SSSR count). The Morgan fingerprint density at radius 3 is 2.68 bits per heavy atom. The molecule has 3 aromatic rings. The summed E-state index contributed by atoms with van der Waals surface area (Å²) in [5, 5.41) is 5.13. The molecule has 0 radical (unpaired) electrons. The van der Waals surface area contributed by atoms with Gasteiger partial charge in [0.1, 0.15) is 6.33 Å². The molecule has 0 amide bonds. The molecule has 0 bridgehead atoms. The van der Waals surface area contributed by atoms with E-state index in [-0.39, 0.29) is 0 Å². The number of halogens is 2. The number of aromatic nitrogens is 5. The van der Waals surface area contributed by atoms with Gasteiger partial charge in [-0.1, -0.05) is 23.2 Å². The molecular formula is C11H10Cl2N6. The Morgan fingerprint density at radius 1 is 1.26 bits per heavy atom. The van der Waals surface area contributed by atoms with Crippen LogP contribution in [0.25, 0.3) is 11.0 Å². The monoisotopic (exact) mass is 296 g/mol. The van der Waals surface area contributed by atoms with Gasteiger partial charge in [-0.3, -0.25) is 4.68 Å². The van der Waals surface area contributed by atoms with Crippen molar-refractivity contribution in [1.82, 2.24) is 24.3 Å². The number of benzene rings is 1. The van der Waals surface area contributed by atoms with Crippen molar-refractivity contribution < 1.29 is 0 Å². The molecule has 0 aliphatic carbocycles. The highest BCUT2D eigenvalue weighted by atomic mass is 35.5. The van der Waals surface area contributed by atoms with E-state index in [1.54, 1.807) is 27.7 Å². The lowest BCUT2D eigenvalue weighted by atomic mass is 10.3. The summed E-state index contributed by atoms with van der Waals surface area (Å²) >= 11 is 12.0. The molecule has 2 heterocycles. The summed E-state index contributed by atoms with van der Waals surface area (Å²) in [5.41, 5.74) is 7.41. The van der Waals surface area contributed by atoms with Gasteiger partial charge in [0.05, 0.1) is 27.6 Å². The van der Waals surface area contributed by atoms with Crippen molar-refractivity contribution in [2.75, 3.05) is 5.73 Å². The zero-order valence-corrected chi connectivity index (χ0v) is 11.5. The van der Waals surface area contributed by atoms with Crippen LogP contribution < -0.4 is 5.73 Å². The van der Waals surface area contributed by atoms with Gasteiger partial charge in [0, 0.05) is 7.05 Å². The summed E-state index contributed by atoms with van der Waals surface area (Å²) in [6.07, 6.45) is 1.63. The van der Waals surface area contributed by atoms with E-state index in [0.717, 1.165) is 5.52 Å². The molecule has 1 aromatic carbocycles. The third-order valence-electron chi connectivity index (χ3n) is 2.77. The van der Waals surface area contributed by atoms with Crippen molar-refractivity contribution in [3.63, 3.8) is 0 Å². The predicted octanol–water partition coefficient (Wildman–Crippen LogP) is 2.10. The molecule has 0 unspecified atom stereocenters. The number of nitrogen functional groups attached to an aromatic ring is 1. The molecule has 0 aliphatic heterocycles. The number of anilines is 1. The smallest absolute Gasteiger partial charge is 0.201 e. The number of hydrogen-bond donors (Lipinski definition) is 1. The van der Waals surface area contributed by atoms with Gasteiger partial charge in [0.25, 0.3) is 0 Å². The highest BCUT2D eigenvalue weighted by Crippen LogP contribution is 2.29. The molecule has 98 valence electrons. The van der Waals surface area contributed by atoms with Crippen LogP contribution >= 0.6 is 23.2 Å². The quantitative estimate of drug-likeness (QED) is 0.786. The SMILES string of the molecule is Cn1cnc(Cn2c(N)nc3cc(Cl)c(Cl)cc32)n1. The van der Waals surface area contributed by atoms with Crippen molar-refractivity contribution in [2.24, 2.45) is 7.05 Å². The zero-order chi connectivity index (χ0) is 13.6. The number of rotatable bonds is 2. The summed E-state index contributed by atoms with van der Waals surface area (Å²) in [5.74, 6) is 1.03. The van der Waals surface area contributed by atoms with Crippen molar-refractivity contribution in [1.29, 1.82) is 0 Å². The first-order valence-corrected chi connectivity index (χ1v) is 6.25. The van der Waals surface area contributed by atoms with E-state index in [2.05, 4.69) is 15.1 Å². The minimum absolute atomic E-state index is 0.376. The maximum absolute atomic E-state index is 6.03. The van der Waals surface area contributed by atoms with Crippen LogP contribution in [0.2, 0.25) is 10.0 Å². The van der Waals surface area contributed by atoms with Crippen LogP contribution in [-0.2, 0) is 13.6 Å². The average molecular weight is 297 g/mol. The maximum atomic E-state index is 6.03. The molecule has 0 fully saturated rings. The van der Waals surface area contributed by atoms with E-state index >= 15 is 0 Å². The average Bonchev–Trinajstić information content (AvgIpc) is 2.87. The second-order valence-corrected chi connectivity index (χ2v) is 4.96. The highest BCUT2D eigenvalue weighted by Gasteiger charge is 2.12. The number of hydrogen-bond acceptors (Lipinski definition) is 4. The number of imidazole rings is 1. The fraction of sp³-hybridized carbons (Fsp3) is 0.182. The first kappa shape index (κ1) is 12.3. The van der Waals surface area contributed by atoms with Crippen molar-refractivity contribution >= 4 is 40.2 Å². The third-order valence-corrected chi connectivity index (χ3v) is 3.49. The van der Waals surface area contributed by atoms with E-state index in [9.17, 15) is 0 Å². The van der Waals surface area contributed by atoms with Gasteiger partial charge in [-0.05, 0) is 12.1 Å². The Hall–Kier alpha value is -1.79. The summed E-state index contributed by atoms with van der Waals surface area (Å²) in [7, 11) is 1.81. The van der Waals surface area contributed by atoms with Crippen LogP contribution in [0.3, 0.4) is 0 Å². The Labute approximate surface area is 118 Å². The van der Waals surface area contributed by atoms with Gasteiger partial charge in [0.15, 0.2) is 5.82 Å². The van der Waals surface area contributed by atoms with Crippen LogP contribution in [0.5, 0.6) is 0 Å². The summed E-state index contributed by atoms with van der Waals surface area (Å²) in [6.45, 7) is 0.432. The second-order valence-electron chi connectivity index (χ2n) is 4.15. The first-order chi connectivity index (χ1) is 9.04. The normalized spacial score (nSPS) is 11.3. The Morgan fingerprint density at radius 2 is 2.00 bits per heavy atom. The number of nitrogens with zero attached hydrogens (tertiary/aromatic N) is 5. The van der Waals surface area contributed by atoms with Gasteiger partial charge < -0.3 is 10.3 Å². The van der Waals surface area contributed by atoms with Crippen LogP contribution in [0.15, 0.2) is 18.5 Å². The molecule has 8 heteroatoms. The van der Waals surface area contributed by atoms with Crippen LogP contribution in [0, 0.1) is 0 Å². The molecule has 0 saturated heterocycles. The lowest BCUT2D eigenvalue weighted by molar-refractivity contribution is 0.715. The van der Waals surface area contributed by atoms with Crippen molar-refractivity contribution in [2.45, 2.75) is 6.54 Å². The second kappa shape index (κ2) is 4.40. The Bertz CT molecular complexity index is 760. The van der Waals surface area contributed by atoms with E-state index in [1.165, 1.54) is 0 Å². The van der Waals surface area contributed by atoms with Gasteiger partial charge in [-0.25, -0.2) is 9.97 Å². The van der Waals surface area contributed by atoms with E-state index in [4.69, 9.17) is 28.9 Å². The molecule has 2 N–H and O–H groups in total. The highest BCUT2D eigenvalue weighted by molar-refractivity contribution is 6.42. The number of nitrogens with two attached hydrogens (primary N) is 1. The molecular weight excluding hydrogens is 287 g/mol. The lowest BCUT2D eigenvalue weighted by Gasteiger charge is -2.03. The first-order valence-electron chi connectivity index (χ1n) is 5.50. The minimum Gasteiger partial charge on any atom is -0.369 e. The van der Waals surface area contributed by atoms with E-state index in [1.807, 2.05) is 7.05 Å². The minimum atomic E-state index is 0.376. The molecule has 6 nitrogen and oxygen atoms in total. The third kappa shape index (κ3) is 2.13. The van der Waals surface area contributed by atoms with E-state index < -0.39 is 0 Å². The van der Waals surface area contributed by atoms with Crippen molar-refractivity contribution in [3.8, 4) is 0 Å². The molecule has 19 heavy (non-hydrogen) atoms. The largest absolute Gasteiger partial charge is 0.369 e. The maximum Gasteiger partial charge on any atom is 0.201 e. The summed E-state index contributed by atoms with van der Waals surface area (Å²) in [6, 6.07) is 3.43. The Kier molecular flexibility index (Phi) is 2.83. The molecule has 0 aliphatic rings. The standard InChI is InChI=1S/C11H10Cl2N6/c1-18-5-15-10(17-18)4-19-9-3-7(13)6(12)2-8(9)16-11(19)14/h2-3,5H,4H2,1H3,(H2,14,16). The lowest BCUT2D eigenvalue weighted by Crippen LogP contribution is -2.06. The van der Waals surface area contributed by atoms with Crippen molar-refractivity contribution in [3.05, 3.63) is 34.3 Å². The fourth-order valence-electron chi connectivity index (χ4n) is 1.90. The summed E-state index contributed by atoms with van der Waals surface area (Å²) in [4.78, 5) is 8.42. The van der Waals surface area contributed by atoms with E-state index in [0.29, 0.717) is 33.9 Å². The van der Waals surface area contributed by atoms with Gasteiger partial charge in [-0.2, -0.15) is 5.10 Å². The number of aryl methyl sites for hydroxylation is 1.